The van der Waals surface area contributed by atoms with Crippen LogP contribution >= 0.6 is 0 Å². The summed E-state index contributed by atoms with van der Waals surface area (Å²) in [5.74, 6) is 0. The molecule has 0 saturated carbocycles. The van der Waals surface area contributed by atoms with Gasteiger partial charge in [-0.05, 0) is 37.6 Å². The number of hydrogen-bond donors (Lipinski definition) is 1. The minimum atomic E-state index is 0.422. The zero-order valence-electron chi connectivity index (χ0n) is 12.2. The molecule has 0 aromatic carbocycles. The lowest BCUT2D eigenvalue weighted by Gasteiger charge is -2.43. The van der Waals surface area contributed by atoms with Gasteiger partial charge in [-0.3, -0.25) is 4.90 Å². The van der Waals surface area contributed by atoms with Crippen molar-refractivity contribution in [2.45, 2.75) is 44.8 Å². The zero-order chi connectivity index (χ0) is 13.1. The first-order chi connectivity index (χ1) is 9.30. The van der Waals surface area contributed by atoms with Gasteiger partial charge in [0.2, 0.25) is 0 Å². The van der Waals surface area contributed by atoms with Gasteiger partial charge >= 0.3 is 0 Å². The first-order valence-corrected chi connectivity index (χ1v) is 7.96. The maximum absolute atomic E-state index is 5.95. The van der Waals surface area contributed by atoms with Gasteiger partial charge in [0.05, 0.1) is 12.2 Å². The van der Waals surface area contributed by atoms with E-state index in [1.165, 1.54) is 32.2 Å². The van der Waals surface area contributed by atoms with E-state index < -0.39 is 0 Å². The Bertz CT molecular complexity index is 280. The molecule has 2 unspecified atom stereocenters. The van der Waals surface area contributed by atoms with Crippen molar-refractivity contribution < 1.29 is 9.47 Å². The molecule has 3 heterocycles. The molecule has 2 bridgehead atoms. The van der Waals surface area contributed by atoms with Crippen LogP contribution in [-0.2, 0) is 9.47 Å². The minimum Gasteiger partial charge on any atom is -0.381 e. The molecule has 110 valence electrons. The topological polar surface area (TPSA) is 33.7 Å². The fourth-order valence-electron chi connectivity index (χ4n) is 3.89. The average molecular weight is 268 g/mol. The summed E-state index contributed by atoms with van der Waals surface area (Å²) in [6.07, 6.45) is 5.96. The molecule has 0 radical (unpaired) electrons. The maximum atomic E-state index is 5.95. The molecule has 0 aliphatic carbocycles. The van der Waals surface area contributed by atoms with Gasteiger partial charge in [0.1, 0.15) is 0 Å². The quantitative estimate of drug-likeness (QED) is 0.814. The predicted octanol–water partition coefficient (Wildman–Crippen LogP) is 1.26. The van der Waals surface area contributed by atoms with Crippen LogP contribution in [0.15, 0.2) is 0 Å². The lowest BCUT2D eigenvalue weighted by Crippen LogP contribution is -2.52. The van der Waals surface area contributed by atoms with E-state index in [-0.39, 0.29) is 0 Å². The van der Waals surface area contributed by atoms with Crippen LogP contribution in [0.25, 0.3) is 0 Å². The summed E-state index contributed by atoms with van der Waals surface area (Å²) in [4.78, 5) is 2.66. The molecule has 1 N–H and O–H groups in total. The third-order valence-electron chi connectivity index (χ3n) is 4.98. The van der Waals surface area contributed by atoms with E-state index in [4.69, 9.17) is 9.47 Å². The SMILES string of the molecule is CCNCC1(CN2CC3CCC(C2)O3)CCOCC1. The average Bonchev–Trinajstić information content (AvgIpc) is 2.77. The first kappa shape index (κ1) is 13.8. The summed E-state index contributed by atoms with van der Waals surface area (Å²) in [5, 5.41) is 3.57. The summed E-state index contributed by atoms with van der Waals surface area (Å²) >= 11 is 0. The molecule has 4 heteroatoms. The van der Waals surface area contributed by atoms with Gasteiger partial charge in [-0.15, -0.1) is 0 Å². The van der Waals surface area contributed by atoms with Gasteiger partial charge in [-0.2, -0.15) is 0 Å². The number of likely N-dealkylation sites (tertiary alicyclic amines) is 1. The Labute approximate surface area is 116 Å². The third kappa shape index (κ3) is 3.30. The van der Waals surface area contributed by atoms with Crippen LogP contribution in [0, 0.1) is 5.41 Å². The fraction of sp³-hybridized carbons (Fsp3) is 1.00. The molecule has 3 aliphatic rings. The number of rotatable bonds is 5. The van der Waals surface area contributed by atoms with E-state index in [0.717, 1.165) is 39.4 Å². The standard InChI is InChI=1S/C15H28N2O2/c1-2-16-11-15(5-7-18-8-6-15)12-17-9-13-3-4-14(10-17)19-13/h13-14,16H,2-12H2,1H3. The molecule has 0 aromatic rings. The molecule has 3 aliphatic heterocycles. The molecule has 0 amide bonds. The highest BCUT2D eigenvalue weighted by molar-refractivity contribution is 4.92. The summed E-state index contributed by atoms with van der Waals surface area (Å²) in [6, 6.07) is 0. The molecular formula is C15H28N2O2. The largest absolute Gasteiger partial charge is 0.381 e. The van der Waals surface area contributed by atoms with Crippen LogP contribution < -0.4 is 5.32 Å². The maximum Gasteiger partial charge on any atom is 0.0707 e. The van der Waals surface area contributed by atoms with Crippen molar-refractivity contribution in [2.75, 3.05) is 45.9 Å². The molecule has 3 saturated heterocycles. The molecule has 3 fully saturated rings. The van der Waals surface area contributed by atoms with Gasteiger partial charge in [0.15, 0.2) is 0 Å². The molecule has 3 rings (SSSR count). The van der Waals surface area contributed by atoms with Gasteiger partial charge in [0.25, 0.3) is 0 Å². The second-order valence-corrected chi connectivity index (χ2v) is 6.54. The summed E-state index contributed by atoms with van der Waals surface area (Å²) in [5.41, 5.74) is 0.422. The summed E-state index contributed by atoms with van der Waals surface area (Å²) in [7, 11) is 0. The van der Waals surface area contributed by atoms with Crippen molar-refractivity contribution >= 4 is 0 Å². The summed E-state index contributed by atoms with van der Waals surface area (Å²) < 4.78 is 11.5. The predicted molar refractivity (Wildman–Crippen MR) is 75.4 cm³/mol. The number of nitrogens with zero attached hydrogens (tertiary/aromatic N) is 1. The highest BCUT2D eigenvalue weighted by Gasteiger charge is 2.39. The van der Waals surface area contributed by atoms with Crippen molar-refractivity contribution in [3.8, 4) is 0 Å². The van der Waals surface area contributed by atoms with Crippen LogP contribution in [0.5, 0.6) is 0 Å². The Balaban J connectivity index is 1.60. The van der Waals surface area contributed by atoms with Crippen molar-refractivity contribution in [3.05, 3.63) is 0 Å². The molecule has 19 heavy (non-hydrogen) atoms. The highest BCUT2D eigenvalue weighted by atomic mass is 16.5. The van der Waals surface area contributed by atoms with E-state index >= 15 is 0 Å². The molecular weight excluding hydrogens is 240 g/mol. The van der Waals surface area contributed by atoms with Gasteiger partial charge in [-0.25, -0.2) is 0 Å². The van der Waals surface area contributed by atoms with E-state index in [1.807, 2.05) is 0 Å². The van der Waals surface area contributed by atoms with Gasteiger partial charge < -0.3 is 14.8 Å². The van der Waals surface area contributed by atoms with E-state index in [0.29, 0.717) is 17.6 Å². The Morgan fingerprint density at radius 1 is 1.16 bits per heavy atom. The highest BCUT2D eigenvalue weighted by Crippen LogP contribution is 2.34. The van der Waals surface area contributed by atoms with Crippen LogP contribution in [-0.4, -0.2) is 63.0 Å². The Morgan fingerprint density at radius 2 is 1.84 bits per heavy atom. The number of fused-ring (bicyclic) bond motifs is 2. The van der Waals surface area contributed by atoms with Crippen molar-refractivity contribution in [1.82, 2.24) is 10.2 Å². The van der Waals surface area contributed by atoms with Crippen molar-refractivity contribution in [2.24, 2.45) is 5.41 Å². The normalized spacial score (nSPS) is 34.6. The monoisotopic (exact) mass is 268 g/mol. The second kappa shape index (κ2) is 6.08. The van der Waals surface area contributed by atoms with Crippen molar-refractivity contribution in [1.29, 1.82) is 0 Å². The lowest BCUT2D eigenvalue weighted by molar-refractivity contribution is -0.0660. The van der Waals surface area contributed by atoms with Crippen LogP contribution in [0.3, 0.4) is 0 Å². The zero-order valence-corrected chi connectivity index (χ0v) is 12.2. The van der Waals surface area contributed by atoms with E-state index in [1.54, 1.807) is 0 Å². The summed E-state index contributed by atoms with van der Waals surface area (Å²) in [6.45, 7) is 9.78. The van der Waals surface area contributed by atoms with Gasteiger partial charge in [-0.1, -0.05) is 6.92 Å². The number of nitrogens with one attached hydrogen (secondary N) is 1. The minimum absolute atomic E-state index is 0.422. The lowest BCUT2D eigenvalue weighted by atomic mass is 9.79. The van der Waals surface area contributed by atoms with Crippen molar-refractivity contribution in [3.63, 3.8) is 0 Å². The van der Waals surface area contributed by atoms with Gasteiger partial charge in [0, 0.05) is 39.4 Å². The second-order valence-electron chi connectivity index (χ2n) is 6.54. The Hall–Kier alpha value is -0.160. The number of morpholine rings is 1. The smallest absolute Gasteiger partial charge is 0.0707 e. The Kier molecular flexibility index (Phi) is 4.42. The van der Waals surface area contributed by atoms with Crippen LogP contribution in [0.2, 0.25) is 0 Å². The molecule has 2 atom stereocenters. The fourth-order valence-corrected chi connectivity index (χ4v) is 3.89. The number of hydrogen-bond acceptors (Lipinski definition) is 4. The van der Waals surface area contributed by atoms with Crippen LogP contribution in [0.1, 0.15) is 32.6 Å². The molecule has 0 spiro atoms. The number of ether oxygens (including phenoxy) is 2. The van der Waals surface area contributed by atoms with Crippen LogP contribution in [0.4, 0.5) is 0 Å². The van der Waals surface area contributed by atoms with E-state index in [9.17, 15) is 0 Å². The first-order valence-electron chi connectivity index (χ1n) is 7.96. The Morgan fingerprint density at radius 3 is 2.47 bits per heavy atom. The molecule has 4 nitrogen and oxygen atoms in total. The third-order valence-corrected chi connectivity index (χ3v) is 4.98. The molecule has 0 aromatic heterocycles. The van der Waals surface area contributed by atoms with E-state index in [2.05, 4.69) is 17.1 Å².